The molecule has 6 heteroatoms. The molecule has 0 radical (unpaired) electrons. The summed E-state index contributed by atoms with van der Waals surface area (Å²) in [5, 5.41) is 2.74. The number of rotatable bonds is 5. The van der Waals surface area contributed by atoms with Gasteiger partial charge in [0.05, 0.1) is 11.5 Å². The zero-order valence-electron chi connectivity index (χ0n) is 10.6. The first kappa shape index (κ1) is 14.7. The van der Waals surface area contributed by atoms with Gasteiger partial charge in [0.15, 0.2) is 9.84 Å². The van der Waals surface area contributed by atoms with Crippen LogP contribution in [0.2, 0.25) is 0 Å². The Hall–Kier alpha value is -1.40. The molecule has 1 rings (SSSR count). The fourth-order valence-electron chi connectivity index (χ4n) is 1.45. The van der Waals surface area contributed by atoms with Gasteiger partial charge < -0.3 is 10.1 Å². The Labute approximate surface area is 107 Å². The van der Waals surface area contributed by atoms with E-state index in [4.69, 9.17) is 4.74 Å². The van der Waals surface area contributed by atoms with Crippen LogP contribution in [0.3, 0.4) is 0 Å². The topological polar surface area (TPSA) is 72.5 Å². The Morgan fingerprint density at radius 3 is 2.33 bits per heavy atom. The lowest BCUT2D eigenvalue weighted by Gasteiger charge is -2.12. The Kier molecular flexibility index (Phi) is 4.86. The molecule has 0 aliphatic heterocycles. The molecule has 0 bridgehead atoms. The first-order chi connectivity index (χ1) is 8.34. The average Bonchev–Trinajstić information content (AvgIpc) is 2.28. The highest BCUT2D eigenvalue weighted by Gasteiger charge is 2.11. The minimum Gasteiger partial charge on any atom is -0.383 e. The van der Waals surface area contributed by atoms with Gasteiger partial charge in [-0.15, -0.1) is 0 Å². The Balaban J connectivity index is 2.77. The molecule has 100 valence electrons. The molecule has 5 nitrogen and oxygen atoms in total. The number of carbonyl (C=O) groups excluding carboxylic acids is 1. The molecule has 1 aromatic rings. The quantitative estimate of drug-likeness (QED) is 0.862. The van der Waals surface area contributed by atoms with Gasteiger partial charge in [-0.1, -0.05) is 0 Å². The van der Waals surface area contributed by atoms with Crippen LogP contribution in [0, 0.1) is 0 Å². The third-order valence-corrected chi connectivity index (χ3v) is 3.47. The largest absolute Gasteiger partial charge is 0.383 e. The Morgan fingerprint density at radius 1 is 1.33 bits per heavy atom. The second-order valence-electron chi connectivity index (χ2n) is 4.13. The van der Waals surface area contributed by atoms with Gasteiger partial charge in [-0.05, 0) is 31.2 Å². The molecule has 0 saturated heterocycles. The normalized spacial score (nSPS) is 13.1. The number of sulfone groups is 1. The van der Waals surface area contributed by atoms with E-state index >= 15 is 0 Å². The number of hydrogen-bond acceptors (Lipinski definition) is 4. The number of amides is 1. The van der Waals surface area contributed by atoms with Crippen LogP contribution < -0.4 is 5.32 Å². The molecule has 0 aliphatic carbocycles. The van der Waals surface area contributed by atoms with E-state index in [-0.39, 0.29) is 16.8 Å². The molecule has 1 unspecified atom stereocenters. The van der Waals surface area contributed by atoms with Crippen LogP contribution in [0.1, 0.15) is 17.3 Å². The summed E-state index contributed by atoms with van der Waals surface area (Å²) in [6.45, 7) is 2.25. The molecule has 1 N–H and O–H groups in total. The van der Waals surface area contributed by atoms with E-state index < -0.39 is 9.84 Å². The maximum absolute atomic E-state index is 11.8. The molecule has 1 aromatic carbocycles. The molecule has 0 fully saturated rings. The maximum Gasteiger partial charge on any atom is 0.251 e. The zero-order valence-corrected chi connectivity index (χ0v) is 11.5. The van der Waals surface area contributed by atoms with Crippen LogP contribution >= 0.6 is 0 Å². The third-order valence-electron chi connectivity index (χ3n) is 2.34. The van der Waals surface area contributed by atoms with E-state index in [1.165, 1.54) is 24.3 Å². The number of carbonyl (C=O) groups is 1. The maximum atomic E-state index is 11.8. The van der Waals surface area contributed by atoms with Crippen LogP contribution in [-0.2, 0) is 14.6 Å². The summed E-state index contributed by atoms with van der Waals surface area (Å²) in [6.07, 6.45) is 1.13. The minimum absolute atomic E-state index is 0.0999. The van der Waals surface area contributed by atoms with Crippen molar-refractivity contribution in [2.45, 2.75) is 17.9 Å². The predicted molar refractivity (Wildman–Crippen MR) is 68.4 cm³/mol. The minimum atomic E-state index is -3.23. The van der Waals surface area contributed by atoms with Gasteiger partial charge in [-0.3, -0.25) is 4.79 Å². The molecular formula is C12H17NO4S. The summed E-state index contributed by atoms with van der Waals surface area (Å²) in [5.41, 5.74) is 0.422. The van der Waals surface area contributed by atoms with E-state index in [9.17, 15) is 13.2 Å². The lowest BCUT2D eigenvalue weighted by atomic mass is 10.2. The van der Waals surface area contributed by atoms with Crippen molar-refractivity contribution < 1.29 is 17.9 Å². The van der Waals surface area contributed by atoms with Crippen molar-refractivity contribution in [3.63, 3.8) is 0 Å². The first-order valence-electron chi connectivity index (χ1n) is 5.44. The van der Waals surface area contributed by atoms with Crippen LogP contribution in [0.4, 0.5) is 0 Å². The SMILES string of the molecule is COCC(C)NC(=O)c1ccc(S(C)(=O)=O)cc1. The standard InChI is InChI=1S/C12H17NO4S/c1-9(8-17-2)13-12(14)10-4-6-11(7-5-10)18(3,15)16/h4-7,9H,8H2,1-3H3,(H,13,14). The molecule has 0 saturated carbocycles. The predicted octanol–water partition coefficient (Wildman–Crippen LogP) is 0.855. The molecular weight excluding hydrogens is 254 g/mol. The van der Waals surface area contributed by atoms with E-state index in [0.29, 0.717) is 12.2 Å². The second-order valence-corrected chi connectivity index (χ2v) is 6.14. The summed E-state index contributed by atoms with van der Waals surface area (Å²) in [6, 6.07) is 5.73. The lowest BCUT2D eigenvalue weighted by molar-refractivity contribution is 0.0905. The van der Waals surface area contributed by atoms with E-state index in [2.05, 4.69) is 5.32 Å². The van der Waals surface area contributed by atoms with Gasteiger partial charge in [0.1, 0.15) is 0 Å². The van der Waals surface area contributed by atoms with Crippen molar-refractivity contribution in [3.05, 3.63) is 29.8 Å². The van der Waals surface area contributed by atoms with Crippen molar-refractivity contribution in [3.8, 4) is 0 Å². The number of methoxy groups -OCH3 is 1. The van der Waals surface area contributed by atoms with Gasteiger partial charge in [-0.25, -0.2) is 8.42 Å². The summed E-state index contributed by atoms with van der Waals surface area (Å²) in [4.78, 5) is 12.0. The summed E-state index contributed by atoms with van der Waals surface area (Å²) >= 11 is 0. The second kappa shape index (κ2) is 5.97. The van der Waals surface area contributed by atoms with Crippen molar-refractivity contribution in [1.82, 2.24) is 5.32 Å². The van der Waals surface area contributed by atoms with Crippen LogP contribution in [0.5, 0.6) is 0 Å². The smallest absolute Gasteiger partial charge is 0.251 e. The Morgan fingerprint density at radius 2 is 1.89 bits per heavy atom. The highest BCUT2D eigenvalue weighted by atomic mass is 32.2. The van der Waals surface area contributed by atoms with Crippen LogP contribution in [0.15, 0.2) is 29.2 Å². The molecule has 0 spiro atoms. The molecule has 0 heterocycles. The third kappa shape index (κ3) is 4.12. The fraction of sp³-hybridized carbons (Fsp3) is 0.417. The molecule has 1 amide bonds. The van der Waals surface area contributed by atoms with Gasteiger partial charge in [-0.2, -0.15) is 0 Å². The molecule has 0 aliphatic rings. The van der Waals surface area contributed by atoms with Crippen molar-refractivity contribution in [2.24, 2.45) is 0 Å². The number of benzene rings is 1. The van der Waals surface area contributed by atoms with E-state index in [1.54, 1.807) is 7.11 Å². The van der Waals surface area contributed by atoms with Crippen molar-refractivity contribution >= 4 is 15.7 Å². The lowest BCUT2D eigenvalue weighted by Crippen LogP contribution is -2.35. The monoisotopic (exact) mass is 271 g/mol. The number of nitrogens with one attached hydrogen (secondary N) is 1. The highest BCUT2D eigenvalue weighted by Crippen LogP contribution is 2.10. The van der Waals surface area contributed by atoms with Crippen LogP contribution in [-0.4, -0.2) is 40.3 Å². The summed E-state index contributed by atoms with van der Waals surface area (Å²) in [7, 11) is -1.67. The zero-order chi connectivity index (χ0) is 13.8. The Bertz CT molecular complexity index is 507. The van der Waals surface area contributed by atoms with Crippen molar-refractivity contribution in [1.29, 1.82) is 0 Å². The number of ether oxygens (including phenoxy) is 1. The van der Waals surface area contributed by atoms with E-state index in [1.807, 2.05) is 6.92 Å². The number of hydrogen-bond donors (Lipinski definition) is 1. The molecule has 1 atom stereocenters. The van der Waals surface area contributed by atoms with E-state index in [0.717, 1.165) is 6.26 Å². The van der Waals surface area contributed by atoms with Crippen LogP contribution in [0.25, 0.3) is 0 Å². The summed E-state index contributed by atoms with van der Waals surface area (Å²) < 4.78 is 27.4. The van der Waals surface area contributed by atoms with Gasteiger partial charge in [0.25, 0.3) is 5.91 Å². The van der Waals surface area contributed by atoms with Crippen molar-refractivity contribution in [2.75, 3.05) is 20.0 Å². The average molecular weight is 271 g/mol. The summed E-state index contributed by atoms with van der Waals surface area (Å²) in [5.74, 6) is -0.250. The van der Waals surface area contributed by atoms with Gasteiger partial charge in [0, 0.05) is 25.0 Å². The van der Waals surface area contributed by atoms with Gasteiger partial charge >= 0.3 is 0 Å². The molecule has 0 aromatic heterocycles. The molecule has 18 heavy (non-hydrogen) atoms. The van der Waals surface area contributed by atoms with Gasteiger partial charge in [0.2, 0.25) is 0 Å². The fourth-order valence-corrected chi connectivity index (χ4v) is 2.08. The highest BCUT2D eigenvalue weighted by molar-refractivity contribution is 7.90. The first-order valence-corrected chi connectivity index (χ1v) is 7.33.